The van der Waals surface area contributed by atoms with Gasteiger partial charge in [-0.25, -0.2) is 19.6 Å². The highest BCUT2D eigenvalue weighted by atomic mass is 16.6. The van der Waals surface area contributed by atoms with Crippen LogP contribution in [0.15, 0.2) is 48.7 Å². The minimum absolute atomic E-state index is 0.0371. The van der Waals surface area contributed by atoms with E-state index in [0.29, 0.717) is 25.6 Å². The molecule has 0 spiro atoms. The van der Waals surface area contributed by atoms with Crippen LogP contribution in [0, 0.1) is 5.92 Å². The number of fused-ring (bicyclic) bond motifs is 6. The maximum absolute atomic E-state index is 13.3. The molecule has 3 aromatic carbocycles. The van der Waals surface area contributed by atoms with E-state index in [4.69, 9.17) is 19.2 Å². The van der Waals surface area contributed by atoms with Crippen LogP contribution >= 0.6 is 0 Å². The first-order valence-electron chi connectivity index (χ1n) is 17.2. The Bertz CT molecular complexity index is 2130. The molecular weight excluding hydrogens is 636 g/mol. The summed E-state index contributed by atoms with van der Waals surface area (Å²) in [5.41, 5.74) is 6.10. The Hall–Kier alpha value is -5.10. The number of rotatable bonds is 5. The highest BCUT2D eigenvalue weighted by Crippen LogP contribution is 2.44. The molecule has 3 aliphatic heterocycles. The van der Waals surface area contributed by atoms with Gasteiger partial charge in [-0.15, -0.1) is 0 Å². The van der Waals surface area contributed by atoms with Crippen LogP contribution in [0.25, 0.3) is 44.2 Å². The Balaban J connectivity index is 1.09. The zero-order valence-electron chi connectivity index (χ0n) is 28.9. The third kappa shape index (κ3) is 5.61. The highest BCUT2D eigenvalue weighted by molar-refractivity contribution is 6.07. The van der Waals surface area contributed by atoms with Gasteiger partial charge in [0.1, 0.15) is 29.6 Å². The summed E-state index contributed by atoms with van der Waals surface area (Å²) in [5, 5.41) is 11.8. The molecule has 12 nitrogen and oxygen atoms in total. The number of aromatic amines is 2. The number of carbonyl (C=O) groups is 2. The van der Waals surface area contributed by atoms with Crippen molar-refractivity contribution in [2.75, 3.05) is 20.3 Å². The second kappa shape index (κ2) is 12.0. The van der Waals surface area contributed by atoms with Gasteiger partial charge in [0.15, 0.2) is 0 Å². The van der Waals surface area contributed by atoms with Crippen molar-refractivity contribution in [1.82, 2.24) is 29.7 Å². The lowest BCUT2D eigenvalue weighted by molar-refractivity contribution is 0.0208. The average Bonchev–Trinajstić information content (AvgIpc) is 3.88. The molecule has 5 heterocycles. The van der Waals surface area contributed by atoms with Crippen molar-refractivity contribution < 1.29 is 28.9 Å². The Morgan fingerprint density at radius 1 is 1.04 bits per heavy atom. The fraction of sp³-hybridized carbons (Fsp3) is 0.421. The van der Waals surface area contributed by atoms with Gasteiger partial charge in [0.25, 0.3) is 0 Å². The molecule has 3 aliphatic rings. The van der Waals surface area contributed by atoms with Crippen LogP contribution in [0.1, 0.15) is 76.3 Å². The predicted molar refractivity (Wildman–Crippen MR) is 188 cm³/mol. The van der Waals surface area contributed by atoms with Gasteiger partial charge in [-0.1, -0.05) is 18.2 Å². The number of nitrogens with zero attached hydrogens (tertiary/aromatic N) is 4. The largest absolute Gasteiger partial charge is 0.488 e. The molecule has 5 aromatic rings. The second-order valence-electron chi connectivity index (χ2n) is 14.8. The number of benzene rings is 3. The molecule has 4 atom stereocenters. The Kier molecular flexibility index (Phi) is 7.74. The van der Waals surface area contributed by atoms with Crippen molar-refractivity contribution in [2.24, 2.45) is 5.92 Å². The maximum atomic E-state index is 13.3. The number of likely N-dealkylation sites (tertiary alicyclic amines) is 2. The monoisotopic (exact) mass is 678 g/mol. The van der Waals surface area contributed by atoms with Crippen LogP contribution in [0.3, 0.4) is 0 Å². The smallest absolute Gasteiger partial charge is 0.410 e. The van der Waals surface area contributed by atoms with Crippen molar-refractivity contribution in [2.45, 2.75) is 77.3 Å². The van der Waals surface area contributed by atoms with Crippen LogP contribution in [0.2, 0.25) is 0 Å². The average molecular weight is 679 g/mol. The van der Waals surface area contributed by atoms with E-state index in [2.05, 4.69) is 51.4 Å². The lowest BCUT2D eigenvalue weighted by Crippen LogP contribution is -2.37. The Morgan fingerprint density at radius 2 is 1.88 bits per heavy atom. The third-order valence-corrected chi connectivity index (χ3v) is 10.2. The quantitative estimate of drug-likeness (QED) is 0.171. The zero-order chi connectivity index (χ0) is 34.9. The van der Waals surface area contributed by atoms with Crippen molar-refractivity contribution in [3.05, 3.63) is 65.9 Å². The fourth-order valence-electron chi connectivity index (χ4n) is 7.92. The van der Waals surface area contributed by atoms with Crippen LogP contribution < -0.4 is 4.74 Å². The topological polar surface area (TPSA) is 146 Å². The molecule has 2 fully saturated rings. The van der Waals surface area contributed by atoms with Gasteiger partial charge in [0.2, 0.25) is 0 Å². The van der Waals surface area contributed by atoms with E-state index in [9.17, 15) is 14.7 Å². The molecule has 2 amide bonds. The van der Waals surface area contributed by atoms with Crippen LogP contribution in [-0.4, -0.2) is 78.9 Å². The Morgan fingerprint density at radius 3 is 2.66 bits per heavy atom. The van der Waals surface area contributed by atoms with Crippen molar-refractivity contribution >= 4 is 34.0 Å². The summed E-state index contributed by atoms with van der Waals surface area (Å²) >= 11 is 0. The summed E-state index contributed by atoms with van der Waals surface area (Å²) in [5.74, 6) is 2.37. The summed E-state index contributed by atoms with van der Waals surface area (Å²) in [7, 11) is 1.68. The first kappa shape index (κ1) is 32.1. The standard InChI is InChI=1S/C38H42N6O6/c1-20-6-11-30(44(20)36(45)46)34-39-16-29(41-34)23-7-9-25-24(13-23)19-49-32-15-26-22(14-27(25)32)8-10-28-33(26)42-35(40-28)31-12-21(18-48-5)17-43(31)37(47)50-38(2,3)4/h7-10,13-16,20-21,30-31H,6,11-12,17-19H2,1-5H3,(H,39,41)(H,40,42)(H,45,46)/t20-,21-,30-,31-/m0/s1. The minimum atomic E-state index is -0.918. The van der Waals surface area contributed by atoms with E-state index < -0.39 is 11.7 Å². The van der Waals surface area contributed by atoms with Crippen molar-refractivity contribution in [3.8, 4) is 28.1 Å². The molecule has 260 valence electrons. The van der Waals surface area contributed by atoms with E-state index in [1.165, 1.54) is 4.90 Å². The number of carboxylic acid groups (broad SMARTS) is 1. The molecule has 0 radical (unpaired) electrons. The van der Waals surface area contributed by atoms with Gasteiger partial charge >= 0.3 is 12.2 Å². The summed E-state index contributed by atoms with van der Waals surface area (Å²) in [6, 6.07) is 14.1. The molecular formula is C38H42N6O6. The van der Waals surface area contributed by atoms with E-state index in [1.54, 1.807) is 18.2 Å². The number of aromatic nitrogens is 4. The van der Waals surface area contributed by atoms with Gasteiger partial charge in [-0.2, -0.15) is 0 Å². The molecule has 8 rings (SSSR count). The molecule has 12 heteroatoms. The molecule has 3 N–H and O–H groups in total. The number of amides is 2. The SMILES string of the molecule is COC[C@H]1C[C@@H](c2nc3c(ccc4cc5c(cc43)OCc3cc(-c4cnc([C@@H]6CC[C@H](C)N6C(=O)O)[nH]4)ccc3-5)[nH]2)N(C(=O)OC(C)(C)C)C1. The lowest BCUT2D eigenvalue weighted by atomic mass is 9.92. The van der Waals surface area contributed by atoms with E-state index in [1.807, 2.05) is 33.8 Å². The van der Waals surface area contributed by atoms with Gasteiger partial charge in [0.05, 0.1) is 41.6 Å². The highest BCUT2D eigenvalue weighted by Gasteiger charge is 2.40. The number of ether oxygens (including phenoxy) is 3. The third-order valence-electron chi connectivity index (χ3n) is 10.2. The number of hydrogen-bond acceptors (Lipinski definition) is 7. The Labute approximate surface area is 289 Å². The minimum Gasteiger partial charge on any atom is -0.488 e. The summed E-state index contributed by atoms with van der Waals surface area (Å²) in [4.78, 5) is 45.0. The van der Waals surface area contributed by atoms with Gasteiger partial charge in [-0.05, 0) is 93.3 Å². The molecule has 0 bridgehead atoms. The number of carbonyl (C=O) groups excluding carboxylic acids is 1. The van der Waals surface area contributed by atoms with Gasteiger partial charge in [-0.3, -0.25) is 9.80 Å². The first-order valence-corrected chi connectivity index (χ1v) is 17.2. The van der Waals surface area contributed by atoms with E-state index >= 15 is 0 Å². The van der Waals surface area contributed by atoms with E-state index in [-0.39, 0.29) is 30.1 Å². The van der Waals surface area contributed by atoms with Gasteiger partial charge in [0, 0.05) is 36.6 Å². The second-order valence-corrected chi connectivity index (χ2v) is 14.8. The molecule has 0 unspecified atom stereocenters. The molecule has 50 heavy (non-hydrogen) atoms. The molecule has 2 saturated heterocycles. The lowest BCUT2D eigenvalue weighted by Gasteiger charge is -2.27. The molecule has 0 aliphatic carbocycles. The van der Waals surface area contributed by atoms with Crippen LogP contribution in [-0.2, 0) is 16.1 Å². The number of H-pyrrole nitrogens is 2. The number of nitrogens with one attached hydrogen (secondary N) is 2. The molecule has 2 aromatic heterocycles. The zero-order valence-corrected chi connectivity index (χ0v) is 28.9. The van der Waals surface area contributed by atoms with Crippen molar-refractivity contribution in [3.63, 3.8) is 0 Å². The summed E-state index contributed by atoms with van der Waals surface area (Å²) in [6.45, 7) is 9.07. The number of imidazole rings is 2. The maximum Gasteiger partial charge on any atom is 0.410 e. The summed E-state index contributed by atoms with van der Waals surface area (Å²) < 4.78 is 17.6. The normalized spacial score (nSPS) is 21.8. The van der Waals surface area contributed by atoms with Crippen LogP contribution in [0.5, 0.6) is 5.75 Å². The van der Waals surface area contributed by atoms with Crippen LogP contribution in [0.4, 0.5) is 9.59 Å². The van der Waals surface area contributed by atoms with Gasteiger partial charge < -0.3 is 29.3 Å². The predicted octanol–water partition coefficient (Wildman–Crippen LogP) is 7.81. The fourth-order valence-corrected chi connectivity index (χ4v) is 7.92. The molecule has 0 saturated carbocycles. The summed E-state index contributed by atoms with van der Waals surface area (Å²) in [6.07, 6.45) is 2.80. The number of methoxy groups -OCH3 is 1. The first-order chi connectivity index (χ1) is 24.0. The van der Waals surface area contributed by atoms with Crippen molar-refractivity contribution in [1.29, 1.82) is 0 Å². The van der Waals surface area contributed by atoms with E-state index in [0.717, 1.165) is 80.6 Å². The number of hydrogen-bond donors (Lipinski definition) is 3.